The van der Waals surface area contributed by atoms with Gasteiger partial charge in [-0.2, -0.15) is 22.6 Å². The molecule has 1 saturated heterocycles. The summed E-state index contributed by atoms with van der Waals surface area (Å²) in [5.74, 6) is 0.254. The molecule has 1 unspecified atom stereocenters. The van der Waals surface area contributed by atoms with Gasteiger partial charge >= 0.3 is 11.9 Å². The van der Waals surface area contributed by atoms with Gasteiger partial charge in [0.2, 0.25) is 10.0 Å². The number of hydrogen-bond donors (Lipinski definition) is 0. The van der Waals surface area contributed by atoms with E-state index in [4.69, 9.17) is 0 Å². The van der Waals surface area contributed by atoms with Crippen LogP contribution in [0, 0.1) is 0 Å². The quantitative estimate of drug-likeness (QED) is 0.745. The SMILES string of the molecule is CC(C)n1c(C2CCCN(S(=O)(=O)c3ccc(C(F)(F)F)cc3)C2)nn(C)c1=O. The predicted octanol–water partition coefficient (Wildman–Crippen LogP) is 2.75. The van der Waals surface area contributed by atoms with E-state index in [1.54, 1.807) is 11.6 Å². The molecule has 0 N–H and O–H groups in total. The normalized spacial score (nSPS) is 19.1. The Kier molecular flexibility index (Phi) is 5.65. The Hall–Kier alpha value is -2.14. The molecule has 2 heterocycles. The molecule has 1 aliphatic heterocycles. The second-order valence-corrected chi connectivity index (χ2v) is 9.39. The lowest BCUT2D eigenvalue weighted by Gasteiger charge is -2.31. The first-order valence-corrected chi connectivity index (χ1v) is 10.7. The maximum Gasteiger partial charge on any atom is 0.416 e. The highest BCUT2D eigenvalue weighted by Crippen LogP contribution is 2.32. The van der Waals surface area contributed by atoms with Crippen LogP contribution in [0.15, 0.2) is 34.0 Å². The molecule has 0 saturated carbocycles. The minimum atomic E-state index is -4.53. The van der Waals surface area contributed by atoms with E-state index in [0.29, 0.717) is 18.7 Å². The molecule has 1 atom stereocenters. The third-order valence-corrected chi connectivity index (χ3v) is 6.95. The molecule has 7 nitrogen and oxygen atoms in total. The Bertz CT molecular complexity index is 1040. The summed E-state index contributed by atoms with van der Waals surface area (Å²) in [7, 11) is -2.41. The van der Waals surface area contributed by atoms with E-state index in [1.807, 2.05) is 13.8 Å². The smallest absolute Gasteiger partial charge is 0.276 e. The van der Waals surface area contributed by atoms with E-state index in [2.05, 4.69) is 5.10 Å². The van der Waals surface area contributed by atoms with Crippen LogP contribution < -0.4 is 5.69 Å². The third kappa shape index (κ3) is 4.11. The molecule has 0 bridgehead atoms. The van der Waals surface area contributed by atoms with Gasteiger partial charge in [0.05, 0.1) is 10.5 Å². The van der Waals surface area contributed by atoms with E-state index < -0.39 is 21.8 Å². The van der Waals surface area contributed by atoms with Gasteiger partial charge in [0.15, 0.2) is 0 Å². The predicted molar refractivity (Wildman–Crippen MR) is 100 cm³/mol. The van der Waals surface area contributed by atoms with Gasteiger partial charge < -0.3 is 0 Å². The fraction of sp³-hybridized carbons (Fsp3) is 0.556. The lowest BCUT2D eigenvalue weighted by molar-refractivity contribution is -0.137. The van der Waals surface area contributed by atoms with Gasteiger partial charge in [0, 0.05) is 32.1 Å². The van der Waals surface area contributed by atoms with Gasteiger partial charge in [-0.15, -0.1) is 0 Å². The molecule has 0 aliphatic carbocycles. The van der Waals surface area contributed by atoms with Crippen LogP contribution >= 0.6 is 0 Å². The Morgan fingerprint density at radius 3 is 2.34 bits per heavy atom. The minimum absolute atomic E-state index is 0.118. The summed E-state index contributed by atoms with van der Waals surface area (Å²) in [5.41, 5.74) is -1.17. The zero-order valence-corrected chi connectivity index (χ0v) is 17.2. The molecule has 1 aromatic heterocycles. The van der Waals surface area contributed by atoms with Crippen LogP contribution in [0.1, 0.15) is 50.0 Å². The molecule has 1 aliphatic rings. The first-order valence-electron chi connectivity index (χ1n) is 9.25. The molecule has 0 amide bonds. The van der Waals surface area contributed by atoms with Crippen LogP contribution in [0.3, 0.4) is 0 Å². The van der Waals surface area contributed by atoms with Crippen LogP contribution in [0.4, 0.5) is 13.2 Å². The first kappa shape index (κ1) is 21.6. The average Bonchev–Trinajstić information content (AvgIpc) is 2.96. The Balaban J connectivity index is 1.89. The molecule has 1 aromatic carbocycles. The van der Waals surface area contributed by atoms with Crippen molar-refractivity contribution in [3.8, 4) is 0 Å². The summed E-state index contributed by atoms with van der Waals surface area (Å²) in [6.07, 6.45) is -3.30. The molecule has 29 heavy (non-hydrogen) atoms. The molecular weight excluding hydrogens is 409 g/mol. The molecule has 11 heteroatoms. The molecule has 2 aromatic rings. The van der Waals surface area contributed by atoms with Crippen LogP contribution in [0.25, 0.3) is 0 Å². The molecular formula is C18H23F3N4O3S. The number of halogens is 3. The maximum atomic E-state index is 13.0. The highest BCUT2D eigenvalue weighted by molar-refractivity contribution is 7.89. The number of piperidine rings is 1. The van der Waals surface area contributed by atoms with E-state index in [1.165, 1.54) is 8.99 Å². The Labute approximate surface area is 166 Å². The lowest BCUT2D eigenvalue weighted by atomic mass is 9.98. The van der Waals surface area contributed by atoms with E-state index in [9.17, 15) is 26.4 Å². The van der Waals surface area contributed by atoms with Crippen LogP contribution in [0.2, 0.25) is 0 Å². The number of nitrogens with zero attached hydrogens (tertiary/aromatic N) is 4. The summed E-state index contributed by atoms with van der Waals surface area (Å²) < 4.78 is 68.2. The van der Waals surface area contributed by atoms with E-state index in [-0.39, 0.29) is 35.6 Å². The number of rotatable bonds is 4. The second kappa shape index (κ2) is 7.60. The molecule has 1 fully saturated rings. The monoisotopic (exact) mass is 432 g/mol. The van der Waals surface area contributed by atoms with Crippen molar-refractivity contribution < 1.29 is 21.6 Å². The van der Waals surface area contributed by atoms with Crippen molar-refractivity contribution in [1.29, 1.82) is 0 Å². The number of aromatic nitrogens is 3. The number of alkyl halides is 3. The van der Waals surface area contributed by atoms with E-state index in [0.717, 1.165) is 24.3 Å². The Morgan fingerprint density at radius 1 is 1.17 bits per heavy atom. The maximum absolute atomic E-state index is 13.0. The summed E-state index contributed by atoms with van der Waals surface area (Å²) in [6.45, 7) is 4.09. The van der Waals surface area contributed by atoms with Gasteiger partial charge in [0.1, 0.15) is 5.82 Å². The van der Waals surface area contributed by atoms with Crippen molar-refractivity contribution in [3.05, 3.63) is 46.1 Å². The highest BCUT2D eigenvalue weighted by Gasteiger charge is 2.35. The van der Waals surface area contributed by atoms with Crippen LogP contribution in [-0.2, 0) is 23.2 Å². The van der Waals surface area contributed by atoms with Crippen molar-refractivity contribution >= 4 is 10.0 Å². The second-order valence-electron chi connectivity index (χ2n) is 7.45. The standard InChI is InChI=1S/C18H23F3N4O3S/c1-12(2)25-16(22-23(3)17(25)26)13-5-4-10-24(11-13)29(27,28)15-8-6-14(7-9-15)18(19,20)21/h6-9,12-13H,4-5,10-11H2,1-3H3. The molecule has 3 rings (SSSR count). The zero-order chi connectivity index (χ0) is 21.6. The summed E-state index contributed by atoms with van der Waals surface area (Å²) in [5, 5.41) is 4.30. The minimum Gasteiger partial charge on any atom is -0.276 e. The number of sulfonamides is 1. The van der Waals surface area contributed by atoms with Crippen molar-refractivity contribution in [3.63, 3.8) is 0 Å². The van der Waals surface area contributed by atoms with Crippen molar-refractivity contribution in [2.45, 2.75) is 49.7 Å². The van der Waals surface area contributed by atoms with Crippen molar-refractivity contribution in [2.75, 3.05) is 13.1 Å². The van der Waals surface area contributed by atoms with Crippen LogP contribution in [-0.4, -0.2) is 40.2 Å². The van der Waals surface area contributed by atoms with E-state index >= 15 is 0 Å². The molecule has 160 valence electrons. The lowest BCUT2D eigenvalue weighted by Crippen LogP contribution is -2.40. The third-order valence-electron chi connectivity index (χ3n) is 5.07. The average molecular weight is 432 g/mol. The molecule has 0 spiro atoms. The number of hydrogen-bond acceptors (Lipinski definition) is 4. The fourth-order valence-corrected chi connectivity index (χ4v) is 5.12. The van der Waals surface area contributed by atoms with Gasteiger partial charge in [-0.1, -0.05) is 0 Å². The summed E-state index contributed by atoms with van der Waals surface area (Å²) in [4.78, 5) is 12.1. The van der Waals surface area contributed by atoms with Crippen molar-refractivity contribution in [2.24, 2.45) is 7.05 Å². The fourth-order valence-electron chi connectivity index (χ4n) is 3.60. The summed E-state index contributed by atoms with van der Waals surface area (Å²) in [6, 6.07) is 3.36. The largest absolute Gasteiger partial charge is 0.416 e. The highest BCUT2D eigenvalue weighted by atomic mass is 32.2. The Morgan fingerprint density at radius 2 is 1.79 bits per heavy atom. The first-order chi connectivity index (χ1) is 13.4. The number of aryl methyl sites for hydroxylation is 1. The summed E-state index contributed by atoms with van der Waals surface area (Å²) >= 11 is 0. The van der Waals surface area contributed by atoms with Gasteiger partial charge in [-0.25, -0.2) is 17.9 Å². The van der Waals surface area contributed by atoms with Crippen LogP contribution in [0.5, 0.6) is 0 Å². The van der Waals surface area contributed by atoms with Gasteiger partial charge in [0.25, 0.3) is 0 Å². The van der Waals surface area contributed by atoms with Crippen molar-refractivity contribution in [1.82, 2.24) is 18.7 Å². The molecule has 0 radical (unpaired) electrons. The van der Waals surface area contributed by atoms with Gasteiger partial charge in [-0.3, -0.25) is 4.57 Å². The number of benzene rings is 1. The van der Waals surface area contributed by atoms with Gasteiger partial charge in [-0.05, 0) is 51.0 Å². The zero-order valence-electron chi connectivity index (χ0n) is 16.3. The topological polar surface area (TPSA) is 77.2 Å².